The maximum absolute atomic E-state index is 12.6. The molecule has 8 heteroatoms. The lowest BCUT2D eigenvalue weighted by Crippen LogP contribution is -2.16. The molecule has 0 spiro atoms. The van der Waals surface area contributed by atoms with Gasteiger partial charge in [-0.25, -0.2) is 14.8 Å². The Morgan fingerprint density at radius 3 is 2.72 bits per heavy atom. The van der Waals surface area contributed by atoms with E-state index < -0.39 is 5.97 Å². The van der Waals surface area contributed by atoms with Crippen LogP contribution in [0.1, 0.15) is 16.1 Å². The van der Waals surface area contributed by atoms with E-state index in [0.29, 0.717) is 22.1 Å². The quantitative estimate of drug-likeness (QED) is 0.467. The van der Waals surface area contributed by atoms with Crippen LogP contribution in [-0.2, 0) is 11.3 Å². The number of esters is 1. The predicted octanol–water partition coefficient (Wildman–Crippen LogP) is 3.89. The lowest BCUT2D eigenvalue weighted by Gasteiger charge is -2.10. The zero-order valence-corrected chi connectivity index (χ0v) is 15.7. The zero-order chi connectivity index (χ0) is 20.2. The number of carbonyl (C=O) groups excluding carboxylic acids is 1. The van der Waals surface area contributed by atoms with Gasteiger partial charge in [0.25, 0.3) is 5.56 Å². The first-order valence-corrected chi connectivity index (χ1v) is 9.01. The van der Waals surface area contributed by atoms with Crippen molar-refractivity contribution in [3.05, 3.63) is 99.7 Å². The molecule has 0 atom stereocenters. The normalized spacial score (nSPS) is 10.7. The summed E-state index contributed by atoms with van der Waals surface area (Å²) in [7, 11) is 0. The van der Waals surface area contributed by atoms with E-state index in [-0.39, 0.29) is 23.6 Å². The van der Waals surface area contributed by atoms with Gasteiger partial charge in [0.1, 0.15) is 23.6 Å². The molecule has 0 saturated carbocycles. The number of benzene rings is 1. The SMILES string of the molecule is O=C(OCc1cc(=O)n2cc(Cl)ccc2n1)c1cccnc1Oc1ccccc1. The van der Waals surface area contributed by atoms with Gasteiger partial charge in [0, 0.05) is 18.5 Å². The van der Waals surface area contributed by atoms with E-state index in [2.05, 4.69) is 9.97 Å². The Balaban J connectivity index is 1.53. The van der Waals surface area contributed by atoms with Crippen molar-refractivity contribution < 1.29 is 14.3 Å². The highest BCUT2D eigenvalue weighted by molar-refractivity contribution is 6.30. The Hall–Kier alpha value is -3.71. The zero-order valence-electron chi connectivity index (χ0n) is 15.0. The molecule has 4 aromatic rings. The van der Waals surface area contributed by atoms with Crippen LogP contribution < -0.4 is 10.3 Å². The molecule has 7 nitrogen and oxygen atoms in total. The van der Waals surface area contributed by atoms with Crippen molar-refractivity contribution >= 4 is 23.2 Å². The van der Waals surface area contributed by atoms with Crippen molar-refractivity contribution in [3.8, 4) is 11.6 Å². The maximum Gasteiger partial charge on any atom is 0.344 e. The van der Waals surface area contributed by atoms with Crippen molar-refractivity contribution in [3.63, 3.8) is 0 Å². The second-order valence-corrected chi connectivity index (χ2v) is 6.45. The monoisotopic (exact) mass is 407 g/mol. The Labute approximate surface area is 170 Å². The number of fused-ring (bicyclic) bond motifs is 1. The van der Waals surface area contributed by atoms with Crippen LogP contribution in [0.3, 0.4) is 0 Å². The summed E-state index contributed by atoms with van der Waals surface area (Å²) in [4.78, 5) is 33.2. The molecule has 0 aliphatic rings. The number of aromatic nitrogens is 3. The van der Waals surface area contributed by atoms with E-state index in [1.165, 1.54) is 22.9 Å². The number of nitrogens with zero attached hydrogens (tertiary/aromatic N) is 3. The minimum Gasteiger partial charge on any atom is -0.455 e. The second kappa shape index (κ2) is 8.12. The number of pyridine rings is 2. The smallest absolute Gasteiger partial charge is 0.344 e. The Morgan fingerprint density at radius 1 is 1.07 bits per heavy atom. The van der Waals surface area contributed by atoms with E-state index in [9.17, 15) is 9.59 Å². The van der Waals surface area contributed by atoms with E-state index in [1.807, 2.05) is 18.2 Å². The summed E-state index contributed by atoms with van der Waals surface area (Å²) < 4.78 is 12.3. The van der Waals surface area contributed by atoms with E-state index in [4.69, 9.17) is 21.1 Å². The molecular weight excluding hydrogens is 394 g/mol. The number of para-hydroxylation sites is 1. The summed E-state index contributed by atoms with van der Waals surface area (Å²) in [5.41, 5.74) is 0.571. The second-order valence-electron chi connectivity index (χ2n) is 6.01. The van der Waals surface area contributed by atoms with Crippen LogP contribution in [0.25, 0.3) is 5.65 Å². The third-order valence-corrected chi connectivity index (χ3v) is 4.20. The molecule has 0 aliphatic carbocycles. The molecule has 3 aromatic heterocycles. The molecule has 1 aromatic carbocycles. The molecule has 0 bridgehead atoms. The van der Waals surface area contributed by atoms with Crippen LogP contribution in [0.2, 0.25) is 5.02 Å². The van der Waals surface area contributed by atoms with Gasteiger partial charge in [-0.3, -0.25) is 9.20 Å². The van der Waals surface area contributed by atoms with Gasteiger partial charge in [0.15, 0.2) is 0 Å². The highest BCUT2D eigenvalue weighted by atomic mass is 35.5. The van der Waals surface area contributed by atoms with Gasteiger partial charge in [-0.05, 0) is 36.4 Å². The molecule has 0 saturated heterocycles. The predicted molar refractivity (Wildman–Crippen MR) is 106 cm³/mol. The number of halogens is 1. The first-order valence-electron chi connectivity index (χ1n) is 8.63. The average molecular weight is 408 g/mol. The van der Waals surface area contributed by atoms with Gasteiger partial charge in [0.2, 0.25) is 5.88 Å². The molecule has 3 heterocycles. The minimum absolute atomic E-state index is 0.130. The van der Waals surface area contributed by atoms with E-state index >= 15 is 0 Å². The fourth-order valence-corrected chi connectivity index (χ4v) is 2.81. The van der Waals surface area contributed by atoms with Crippen molar-refractivity contribution in [1.29, 1.82) is 0 Å². The fourth-order valence-electron chi connectivity index (χ4n) is 2.64. The van der Waals surface area contributed by atoms with E-state index in [0.717, 1.165) is 0 Å². The highest BCUT2D eigenvalue weighted by Gasteiger charge is 2.16. The summed E-state index contributed by atoms with van der Waals surface area (Å²) in [6.45, 7) is -0.174. The van der Waals surface area contributed by atoms with Gasteiger partial charge in [0.05, 0.1) is 10.7 Å². The third-order valence-electron chi connectivity index (χ3n) is 3.98. The number of carbonyl (C=O) groups is 1. The van der Waals surface area contributed by atoms with Crippen molar-refractivity contribution in [2.24, 2.45) is 0 Å². The molecule has 0 fully saturated rings. The number of hydrogen-bond donors (Lipinski definition) is 0. The van der Waals surface area contributed by atoms with Crippen LogP contribution in [0.5, 0.6) is 11.6 Å². The van der Waals surface area contributed by atoms with Crippen LogP contribution in [-0.4, -0.2) is 20.3 Å². The molecule has 144 valence electrons. The average Bonchev–Trinajstić information content (AvgIpc) is 2.74. The summed E-state index contributed by atoms with van der Waals surface area (Å²) in [6.07, 6.45) is 3.00. The largest absolute Gasteiger partial charge is 0.455 e. The summed E-state index contributed by atoms with van der Waals surface area (Å²) in [5, 5.41) is 0.420. The molecule has 0 radical (unpaired) electrons. The number of rotatable bonds is 5. The number of ether oxygens (including phenoxy) is 2. The third kappa shape index (κ3) is 4.25. The lowest BCUT2D eigenvalue weighted by molar-refractivity contribution is 0.0464. The minimum atomic E-state index is -0.637. The molecule has 29 heavy (non-hydrogen) atoms. The molecule has 0 amide bonds. The Morgan fingerprint density at radius 2 is 1.90 bits per heavy atom. The van der Waals surface area contributed by atoms with Gasteiger partial charge in [-0.1, -0.05) is 29.8 Å². The van der Waals surface area contributed by atoms with Crippen molar-refractivity contribution in [2.75, 3.05) is 0 Å². The van der Waals surface area contributed by atoms with Gasteiger partial charge in [-0.2, -0.15) is 0 Å². The number of hydrogen-bond acceptors (Lipinski definition) is 6. The van der Waals surface area contributed by atoms with E-state index in [1.54, 1.807) is 36.4 Å². The molecule has 0 N–H and O–H groups in total. The van der Waals surface area contributed by atoms with Gasteiger partial charge >= 0.3 is 5.97 Å². The Bertz CT molecular complexity index is 1240. The molecular formula is C21H14ClN3O4. The first-order chi connectivity index (χ1) is 14.1. The summed E-state index contributed by atoms with van der Waals surface area (Å²) >= 11 is 5.90. The maximum atomic E-state index is 12.6. The Kier molecular flexibility index (Phi) is 5.22. The molecule has 4 rings (SSSR count). The molecule has 0 unspecified atom stereocenters. The first kappa shape index (κ1) is 18.6. The van der Waals surface area contributed by atoms with Crippen LogP contribution in [0.4, 0.5) is 0 Å². The topological polar surface area (TPSA) is 82.8 Å². The van der Waals surface area contributed by atoms with Gasteiger partial charge < -0.3 is 9.47 Å². The van der Waals surface area contributed by atoms with Crippen LogP contribution >= 0.6 is 11.6 Å². The van der Waals surface area contributed by atoms with Crippen molar-refractivity contribution in [2.45, 2.75) is 6.61 Å². The highest BCUT2D eigenvalue weighted by Crippen LogP contribution is 2.23. The summed E-state index contributed by atoms with van der Waals surface area (Å²) in [6, 6.07) is 16.7. The van der Waals surface area contributed by atoms with Gasteiger partial charge in [-0.15, -0.1) is 0 Å². The lowest BCUT2D eigenvalue weighted by atomic mass is 10.2. The summed E-state index contributed by atoms with van der Waals surface area (Å²) in [5.74, 6) is 0.0372. The van der Waals surface area contributed by atoms with Crippen LogP contribution in [0, 0.1) is 0 Å². The standard InChI is InChI=1S/C21H14ClN3O4/c22-14-8-9-18-24-15(11-19(26)25(18)12-14)13-28-21(27)17-7-4-10-23-20(17)29-16-5-2-1-3-6-16/h1-12H,13H2. The molecule has 0 aliphatic heterocycles. The fraction of sp³-hybridized carbons (Fsp3) is 0.0476. The van der Waals surface area contributed by atoms with Crippen molar-refractivity contribution in [1.82, 2.24) is 14.4 Å². The van der Waals surface area contributed by atoms with Crippen LogP contribution in [0.15, 0.2) is 77.9 Å².